The molecule has 1 saturated carbocycles. The van der Waals surface area contributed by atoms with Crippen molar-refractivity contribution in [2.75, 3.05) is 11.9 Å². The second-order valence-electron chi connectivity index (χ2n) is 9.20. The van der Waals surface area contributed by atoms with Gasteiger partial charge in [0.1, 0.15) is 0 Å². The summed E-state index contributed by atoms with van der Waals surface area (Å²) in [5.74, 6) is -1.46. The summed E-state index contributed by atoms with van der Waals surface area (Å²) in [5, 5.41) is 3.81. The predicted octanol–water partition coefficient (Wildman–Crippen LogP) is 5.52. The highest BCUT2D eigenvalue weighted by Gasteiger charge is 2.39. The number of hydrogen-bond acceptors (Lipinski definition) is 2. The van der Waals surface area contributed by atoms with Gasteiger partial charge in [0.05, 0.1) is 12.1 Å². The zero-order valence-corrected chi connectivity index (χ0v) is 18.6. The highest BCUT2D eigenvalue weighted by Crippen LogP contribution is 2.36. The minimum atomic E-state index is -4.49. The minimum absolute atomic E-state index is 0.0480. The van der Waals surface area contributed by atoms with Crippen LogP contribution in [0.25, 0.3) is 10.9 Å². The number of rotatable bonds is 3. The number of hydrogen-bond donors (Lipinski definition) is 2. The van der Waals surface area contributed by atoms with Crippen molar-refractivity contribution in [3.8, 4) is 0 Å². The number of anilines is 1. The third-order valence-electron chi connectivity index (χ3n) is 7.07. The molecule has 1 aromatic heterocycles. The number of carbonyl (C=O) groups is 2. The lowest BCUT2D eigenvalue weighted by Crippen LogP contribution is -2.45. The van der Waals surface area contributed by atoms with E-state index in [0.717, 1.165) is 42.6 Å². The van der Waals surface area contributed by atoms with Crippen molar-refractivity contribution in [3.63, 3.8) is 0 Å². The monoisotopic (exact) mass is 469 g/mol. The van der Waals surface area contributed by atoms with Gasteiger partial charge in [-0.25, -0.2) is 0 Å². The number of alkyl halides is 3. The van der Waals surface area contributed by atoms with E-state index in [1.807, 2.05) is 23.1 Å². The molecule has 2 N–H and O–H groups in total. The number of para-hydroxylation sites is 1. The predicted molar refractivity (Wildman–Crippen MR) is 123 cm³/mol. The second-order valence-corrected chi connectivity index (χ2v) is 9.20. The molecule has 8 heteroatoms. The second kappa shape index (κ2) is 8.81. The number of aromatic nitrogens is 1. The van der Waals surface area contributed by atoms with E-state index in [4.69, 9.17) is 0 Å². The number of halogens is 3. The largest absolute Gasteiger partial charge is 0.416 e. The van der Waals surface area contributed by atoms with Gasteiger partial charge in [-0.15, -0.1) is 0 Å². The Bertz CT molecular complexity index is 1230. The molecule has 2 unspecified atom stereocenters. The maximum absolute atomic E-state index is 13.5. The molecule has 1 aliphatic heterocycles. The number of nitrogens with one attached hydrogen (secondary N) is 2. The molecule has 3 aromatic rings. The molecule has 0 spiro atoms. The van der Waals surface area contributed by atoms with Crippen molar-refractivity contribution >= 4 is 28.4 Å². The summed E-state index contributed by atoms with van der Waals surface area (Å²) in [6.45, 7) is 1.06. The van der Waals surface area contributed by atoms with E-state index in [0.29, 0.717) is 25.9 Å². The van der Waals surface area contributed by atoms with Crippen LogP contribution in [0.5, 0.6) is 0 Å². The molecule has 5 nitrogen and oxygen atoms in total. The van der Waals surface area contributed by atoms with Crippen molar-refractivity contribution in [2.24, 2.45) is 11.8 Å². The van der Waals surface area contributed by atoms with Crippen LogP contribution >= 0.6 is 0 Å². The molecule has 1 aliphatic carbocycles. The third-order valence-corrected chi connectivity index (χ3v) is 7.07. The van der Waals surface area contributed by atoms with Gasteiger partial charge in [-0.1, -0.05) is 37.1 Å². The van der Waals surface area contributed by atoms with Gasteiger partial charge < -0.3 is 15.2 Å². The van der Waals surface area contributed by atoms with E-state index in [1.54, 1.807) is 0 Å². The lowest BCUT2D eigenvalue weighted by atomic mass is 9.77. The highest BCUT2D eigenvalue weighted by atomic mass is 19.4. The van der Waals surface area contributed by atoms with Gasteiger partial charge in [0.25, 0.3) is 0 Å². The van der Waals surface area contributed by atoms with E-state index in [1.165, 1.54) is 23.1 Å². The van der Waals surface area contributed by atoms with Crippen LogP contribution in [0.1, 0.15) is 42.5 Å². The molecule has 5 rings (SSSR count). The topological polar surface area (TPSA) is 65.2 Å². The molecular weight excluding hydrogens is 443 g/mol. The Morgan fingerprint density at radius 2 is 1.76 bits per heavy atom. The third kappa shape index (κ3) is 4.29. The van der Waals surface area contributed by atoms with Gasteiger partial charge in [-0.05, 0) is 49.1 Å². The molecule has 0 bridgehead atoms. The normalized spacial score (nSPS) is 20.7. The molecule has 0 radical (unpaired) electrons. The van der Waals surface area contributed by atoms with Crippen LogP contribution in [0.3, 0.4) is 0 Å². The Balaban J connectivity index is 1.31. The van der Waals surface area contributed by atoms with Crippen molar-refractivity contribution in [3.05, 3.63) is 65.4 Å². The number of H-pyrrole nitrogens is 1. The summed E-state index contributed by atoms with van der Waals surface area (Å²) in [7, 11) is 0. The Morgan fingerprint density at radius 1 is 1.00 bits per heavy atom. The first-order valence-corrected chi connectivity index (χ1v) is 11.7. The molecule has 1 fully saturated rings. The lowest BCUT2D eigenvalue weighted by Gasteiger charge is -2.35. The van der Waals surface area contributed by atoms with Crippen LogP contribution in [-0.4, -0.2) is 28.2 Å². The van der Waals surface area contributed by atoms with Crippen LogP contribution in [0.15, 0.2) is 48.5 Å². The van der Waals surface area contributed by atoms with Crippen molar-refractivity contribution in [1.82, 2.24) is 9.88 Å². The van der Waals surface area contributed by atoms with Gasteiger partial charge in [0.2, 0.25) is 11.8 Å². The average molecular weight is 470 g/mol. The quantitative estimate of drug-likeness (QED) is 0.531. The van der Waals surface area contributed by atoms with Crippen LogP contribution in [-0.2, 0) is 28.7 Å². The van der Waals surface area contributed by atoms with E-state index >= 15 is 0 Å². The maximum Gasteiger partial charge on any atom is 0.416 e. The average Bonchev–Trinajstić information content (AvgIpc) is 3.21. The zero-order valence-electron chi connectivity index (χ0n) is 18.6. The van der Waals surface area contributed by atoms with Crippen LogP contribution in [0.2, 0.25) is 0 Å². The van der Waals surface area contributed by atoms with Crippen molar-refractivity contribution in [2.45, 2.75) is 44.8 Å². The number of nitrogens with zero attached hydrogens (tertiary/aromatic N) is 1. The lowest BCUT2D eigenvalue weighted by molar-refractivity contribution is -0.143. The molecule has 0 saturated heterocycles. The van der Waals surface area contributed by atoms with Crippen LogP contribution < -0.4 is 5.32 Å². The summed E-state index contributed by atoms with van der Waals surface area (Å²) < 4.78 is 39.1. The summed E-state index contributed by atoms with van der Waals surface area (Å²) in [5.41, 5.74) is 2.60. The zero-order chi connectivity index (χ0) is 23.9. The summed E-state index contributed by atoms with van der Waals surface area (Å²) in [6.07, 6.45) is -0.910. The van der Waals surface area contributed by atoms with E-state index in [2.05, 4.69) is 16.4 Å². The first-order chi connectivity index (χ1) is 16.3. The number of benzene rings is 2. The van der Waals surface area contributed by atoms with E-state index in [-0.39, 0.29) is 17.5 Å². The smallest absolute Gasteiger partial charge is 0.357 e. The SMILES string of the molecule is O=C(Nc1cccc(C(F)(F)F)c1)C1CCCCC1C(=O)N1CCc2c([nH]c3ccccc23)C1. The van der Waals surface area contributed by atoms with Crippen molar-refractivity contribution < 1.29 is 22.8 Å². The number of carbonyl (C=O) groups excluding carboxylic acids is 2. The fourth-order valence-corrected chi connectivity index (χ4v) is 5.36. The molecule has 2 heterocycles. The molecule has 2 aromatic carbocycles. The van der Waals surface area contributed by atoms with E-state index in [9.17, 15) is 22.8 Å². The molecular formula is C26H26F3N3O2. The Morgan fingerprint density at radius 3 is 2.56 bits per heavy atom. The summed E-state index contributed by atoms with van der Waals surface area (Å²) in [4.78, 5) is 31.8. The first kappa shape index (κ1) is 22.5. The first-order valence-electron chi connectivity index (χ1n) is 11.7. The standard InChI is InChI=1S/C26H26F3N3O2/c27-26(28,29)16-6-5-7-17(14-16)30-24(33)20-9-1-2-10-21(20)25(34)32-13-12-19-18-8-3-4-11-22(18)31-23(19)15-32/h3-8,11,14,20-21,31H,1-2,9-10,12-13,15H2,(H,30,33). The number of amides is 2. The van der Waals surface area contributed by atoms with Gasteiger partial charge in [-0.3, -0.25) is 9.59 Å². The van der Waals surface area contributed by atoms with E-state index < -0.39 is 23.6 Å². The number of aromatic amines is 1. The summed E-state index contributed by atoms with van der Waals surface area (Å²) in [6, 6.07) is 12.7. The molecule has 178 valence electrons. The maximum atomic E-state index is 13.5. The summed E-state index contributed by atoms with van der Waals surface area (Å²) >= 11 is 0. The van der Waals surface area contributed by atoms with Crippen molar-refractivity contribution in [1.29, 1.82) is 0 Å². The molecule has 2 amide bonds. The fourth-order valence-electron chi connectivity index (χ4n) is 5.36. The fraction of sp³-hybridized carbons (Fsp3) is 0.385. The molecule has 2 aliphatic rings. The van der Waals surface area contributed by atoms with Crippen LogP contribution in [0, 0.1) is 11.8 Å². The van der Waals surface area contributed by atoms with Gasteiger partial charge in [-0.2, -0.15) is 13.2 Å². The van der Waals surface area contributed by atoms with Gasteiger partial charge in [0, 0.05) is 40.7 Å². The number of fused-ring (bicyclic) bond motifs is 3. The molecule has 34 heavy (non-hydrogen) atoms. The van der Waals surface area contributed by atoms with Gasteiger partial charge in [0.15, 0.2) is 0 Å². The minimum Gasteiger partial charge on any atom is -0.357 e. The Kier molecular flexibility index (Phi) is 5.83. The Labute approximate surface area is 195 Å². The van der Waals surface area contributed by atoms with Crippen LogP contribution in [0.4, 0.5) is 18.9 Å². The molecule has 2 atom stereocenters. The Hall–Kier alpha value is -3.29. The van der Waals surface area contributed by atoms with Gasteiger partial charge >= 0.3 is 6.18 Å². The highest BCUT2D eigenvalue weighted by molar-refractivity contribution is 5.96.